The Bertz CT molecular complexity index is 647. The molecule has 1 aromatic heterocycles. The first-order chi connectivity index (χ1) is 9.65. The van der Waals surface area contributed by atoms with Gasteiger partial charge in [0.2, 0.25) is 5.88 Å². The van der Waals surface area contributed by atoms with E-state index in [0.717, 1.165) is 18.4 Å². The van der Waals surface area contributed by atoms with Gasteiger partial charge >= 0.3 is 0 Å². The Morgan fingerprint density at radius 2 is 2.25 bits per heavy atom. The molecule has 0 unspecified atom stereocenters. The minimum absolute atomic E-state index is 0.130. The molecule has 2 aromatic rings. The summed E-state index contributed by atoms with van der Waals surface area (Å²) in [6.45, 7) is 0.181. The molecule has 0 bridgehead atoms. The highest BCUT2D eigenvalue weighted by Crippen LogP contribution is 2.43. The topological polar surface area (TPSA) is 70.2 Å². The molecule has 104 valence electrons. The van der Waals surface area contributed by atoms with Crippen molar-refractivity contribution in [3.05, 3.63) is 51.7 Å². The molecule has 0 radical (unpaired) electrons. The zero-order chi connectivity index (χ0) is 14.1. The average Bonchev–Trinajstić information content (AvgIpc) is 3.19. The number of aryl methyl sites for hydroxylation is 1. The molecule has 1 aliphatic rings. The normalized spacial score (nSPS) is 14.2. The number of nitro groups is 1. The lowest BCUT2D eigenvalue weighted by atomic mass is 10.0. The first kappa shape index (κ1) is 12.7. The van der Waals surface area contributed by atoms with E-state index in [1.807, 2.05) is 6.07 Å². The maximum absolute atomic E-state index is 11.2. The van der Waals surface area contributed by atoms with E-state index < -0.39 is 0 Å². The number of nitro benzene ring substituents is 1. The summed E-state index contributed by atoms with van der Waals surface area (Å²) in [5.74, 6) is 0.921. The molecular weight excluding hydrogens is 258 g/mol. The molecule has 1 aromatic carbocycles. The lowest BCUT2D eigenvalue weighted by Gasteiger charge is -2.09. The maximum atomic E-state index is 11.2. The molecule has 0 aliphatic heterocycles. The van der Waals surface area contributed by atoms with Crippen molar-refractivity contribution < 1.29 is 9.66 Å². The number of rotatable bonds is 5. The Hall–Kier alpha value is -2.37. The third kappa shape index (κ3) is 2.49. The van der Waals surface area contributed by atoms with Crippen LogP contribution in [0.15, 0.2) is 30.5 Å². The minimum Gasteiger partial charge on any atom is -0.471 e. The molecule has 1 saturated carbocycles. The zero-order valence-corrected chi connectivity index (χ0v) is 11.2. The van der Waals surface area contributed by atoms with Crippen LogP contribution in [0, 0.1) is 10.1 Å². The van der Waals surface area contributed by atoms with Crippen molar-refractivity contribution in [1.29, 1.82) is 0 Å². The van der Waals surface area contributed by atoms with E-state index in [4.69, 9.17) is 4.74 Å². The fraction of sp³-hybridized carbons (Fsp3) is 0.357. The van der Waals surface area contributed by atoms with E-state index in [2.05, 4.69) is 5.10 Å². The van der Waals surface area contributed by atoms with Crippen LogP contribution in [-0.2, 0) is 13.7 Å². The van der Waals surface area contributed by atoms with Crippen LogP contribution in [0.25, 0.3) is 0 Å². The molecule has 1 heterocycles. The Morgan fingerprint density at radius 3 is 2.85 bits per heavy atom. The molecule has 0 N–H and O–H groups in total. The summed E-state index contributed by atoms with van der Waals surface area (Å²) in [5, 5.41) is 15.3. The lowest BCUT2D eigenvalue weighted by Crippen LogP contribution is -2.05. The van der Waals surface area contributed by atoms with Gasteiger partial charge in [-0.3, -0.25) is 14.8 Å². The summed E-state index contributed by atoms with van der Waals surface area (Å²) >= 11 is 0. The Kier molecular flexibility index (Phi) is 3.14. The number of hydrogen-bond donors (Lipinski definition) is 0. The van der Waals surface area contributed by atoms with Gasteiger partial charge in [0.25, 0.3) is 5.69 Å². The van der Waals surface area contributed by atoms with Crippen LogP contribution >= 0.6 is 0 Å². The van der Waals surface area contributed by atoms with Crippen LogP contribution in [-0.4, -0.2) is 14.7 Å². The lowest BCUT2D eigenvalue weighted by molar-refractivity contribution is -0.385. The van der Waals surface area contributed by atoms with Crippen LogP contribution in [0.3, 0.4) is 0 Å². The third-order valence-electron chi connectivity index (χ3n) is 3.45. The second-order valence-electron chi connectivity index (χ2n) is 4.99. The first-order valence-electron chi connectivity index (χ1n) is 6.54. The molecule has 0 saturated heterocycles. The van der Waals surface area contributed by atoms with Crippen molar-refractivity contribution in [2.75, 3.05) is 0 Å². The van der Waals surface area contributed by atoms with Gasteiger partial charge in [0.05, 0.1) is 10.5 Å². The van der Waals surface area contributed by atoms with Gasteiger partial charge in [-0.2, -0.15) is 0 Å². The van der Waals surface area contributed by atoms with E-state index >= 15 is 0 Å². The van der Waals surface area contributed by atoms with Gasteiger partial charge in [0, 0.05) is 25.4 Å². The Morgan fingerprint density at radius 1 is 1.45 bits per heavy atom. The van der Waals surface area contributed by atoms with Crippen molar-refractivity contribution in [3.63, 3.8) is 0 Å². The van der Waals surface area contributed by atoms with Gasteiger partial charge < -0.3 is 4.74 Å². The number of benzene rings is 1. The largest absolute Gasteiger partial charge is 0.471 e. The standard InChI is InChI=1S/C14H15N3O3/c1-16-8-7-14(15-16)20-9-12-11(10-5-6-10)3-2-4-13(12)17(18)19/h2-4,7-8,10H,5-6,9H2,1H3. The highest BCUT2D eigenvalue weighted by atomic mass is 16.6. The second kappa shape index (κ2) is 4.96. The summed E-state index contributed by atoms with van der Waals surface area (Å²) in [5.41, 5.74) is 1.84. The van der Waals surface area contributed by atoms with Crippen molar-refractivity contribution in [2.24, 2.45) is 7.05 Å². The van der Waals surface area contributed by atoms with E-state index in [0.29, 0.717) is 17.4 Å². The van der Waals surface area contributed by atoms with Gasteiger partial charge in [0.1, 0.15) is 6.61 Å². The fourth-order valence-electron chi connectivity index (χ4n) is 2.31. The number of ether oxygens (including phenoxy) is 1. The summed E-state index contributed by atoms with van der Waals surface area (Å²) in [7, 11) is 1.80. The summed E-state index contributed by atoms with van der Waals surface area (Å²) < 4.78 is 7.22. The molecule has 1 aliphatic carbocycles. The quantitative estimate of drug-likeness (QED) is 0.620. The highest BCUT2D eigenvalue weighted by Gasteiger charge is 2.30. The zero-order valence-electron chi connectivity index (χ0n) is 11.2. The van der Waals surface area contributed by atoms with Gasteiger partial charge in [-0.05, 0) is 24.3 Å². The van der Waals surface area contributed by atoms with Gasteiger partial charge in [0.15, 0.2) is 0 Å². The summed E-state index contributed by atoms with van der Waals surface area (Å²) in [4.78, 5) is 10.8. The number of hydrogen-bond acceptors (Lipinski definition) is 4. The molecule has 20 heavy (non-hydrogen) atoms. The van der Waals surface area contributed by atoms with Gasteiger partial charge in [-0.1, -0.05) is 12.1 Å². The van der Waals surface area contributed by atoms with Crippen LogP contribution in [0.1, 0.15) is 29.9 Å². The van der Waals surface area contributed by atoms with Crippen molar-refractivity contribution in [2.45, 2.75) is 25.4 Å². The SMILES string of the molecule is Cn1ccc(OCc2c(C3CC3)cccc2[N+](=O)[O-])n1. The fourth-order valence-corrected chi connectivity index (χ4v) is 2.31. The molecule has 0 spiro atoms. The van der Waals surface area contributed by atoms with Crippen LogP contribution < -0.4 is 4.74 Å². The van der Waals surface area contributed by atoms with Crippen molar-refractivity contribution >= 4 is 5.69 Å². The monoisotopic (exact) mass is 273 g/mol. The molecular formula is C14H15N3O3. The van der Waals surface area contributed by atoms with E-state index in [1.165, 1.54) is 6.07 Å². The molecule has 0 amide bonds. The average molecular weight is 273 g/mol. The third-order valence-corrected chi connectivity index (χ3v) is 3.45. The molecule has 6 heteroatoms. The molecule has 6 nitrogen and oxygen atoms in total. The van der Waals surface area contributed by atoms with E-state index in [1.54, 1.807) is 30.1 Å². The van der Waals surface area contributed by atoms with E-state index in [-0.39, 0.29) is 17.2 Å². The summed E-state index contributed by atoms with van der Waals surface area (Å²) in [6, 6.07) is 6.98. The molecule has 1 fully saturated rings. The van der Waals surface area contributed by atoms with Crippen molar-refractivity contribution in [3.8, 4) is 5.88 Å². The number of nitrogens with zero attached hydrogens (tertiary/aromatic N) is 3. The Balaban J connectivity index is 1.87. The van der Waals surface area contributed by atoms with Crippen molar-refractivity contribution in [1.82, 2.24) is 9.78 Å². The maximum Gasteiger partial charge on any atom is 0.276 e. The van der Waals surface area contributed by atoms with Crippen LogP contribution in [0.5, 0.6) is 5.88 Å². The minimum atomic E-state index is -0.344. The van der Waals surface area contributed by atoms with Gasteiger partial charge in [-0.25, -0.2) is 0 Å². The first-order valence-corrected chi connectivity index (χ1v) is 6.54. The smallest absolute Gasteiger partial charge is 0.276 e. The van der Waals surface area contributed by atoms with Gasteiger partial charge in [-0.15, -0.1) is 5.10 Å². The van der Waals surface area contributed by atoms with E-state index in [9.17, 15) is 10.1 Å². The predicted molar refractivity (Wildman–Crippen MR) is 72.6 cm³/mol. The molecule has 0 atom stereocenters. The van der Waals surface area contributed by atoms with Crippen LogP contribution in [0.2, 0.25) is 0 Å². The Labute approximate surface area is 116 Å². The highest BCUT2D eigenvalue weighted by molar-refractivity contribution is 5.48. The summed E-state index contributed by atoms with van der Waals surface area (Å²) in [6.07, 6.45) is 3.96. The number of aromatic nitrogens is 2. The second-order valence-corrected chi connectivity index (χ2v) is 4.99. The molecule has 3 rings (SSSR count). The predicted octanol–water partition coefficient (Wildman–Crippen LogP) is 2.78. The van der Waals surface area contributed by atoms with Crippen LogP contribution in [0.4, 0.5) is 5.69 Å².